The van der Waals surface area contributed by atoms with Gasteiger partial charge in [-0.25, -0.2) is 9.07 Å². The predicted molar refractivity (Wildman–Crippen MR) is 71.1 cm³/mol. The molecule has 1 aromatic carbocycles. The summed E-state index contributed by atoms with van der Waals surface area (Å²) in [4.78, 5) is 5.88. The van der Waals surface area contributed by atoms with E-state index in [1.165, 1.54) is 16.9 Å². The molecule has 0 aliphatic carbocycles. The van der Waals surface area contributed by atoms with Gasteiger partial charge in [0.25, 0.3) is 6.01 Å². The lowest BCUT2D eigenvalue weighted by Crippen LogP contribution is -2.60. The number of benzene rings is 1. The Bertz CT molecular complexity index is 821. The maximum Gasteiger partial charge on any atom is 0.298 e. The van der Waals surface area contributed by atoms with Gasteiger partial charge in [0.05, 0.1) is 25.0 Å². The highest BCUT2D eigenvalue weighted by Crippen LogP contribution is 2.35. The van der Waals surface area contributed by atoms with Gasteiger partial charge in [0, 0.05) is 7.05 Å². The quantitative estimate of drug-likeness (QED) is 0.751. The van der Waals surface area contributed by atoms with Crippen molar-refractivity contribution in [2.45, 2.75) is 5.60 Å². The lowest BCUT2D eigenvalue weighted by Gasteiger charge is -2.44. The Hall–Kier alpha value is -2.48. The first-order valence-electron chi connectivity index (χ1n) is 6.44. The average Bonchev–Trinajstić information content (AvgIpc) is 3.02. The topological polar surface area (TPSA) is 80.2 Å². The molecule has 0 atom stereocenters. The molecule has 108 valence electrons. The number of hydrogen-bond donors (Lipinski definition) is 1. The summed E-state index contributed by atoms with van der Waals surface area (Å²) in [5.41, 5.74) is 0.172. The number of aryl methyl sites for hydroxylation is 1. The van der Waals surface area contributed by atoms with E-state index >= 15 is 0 Å². The van der Waals surface area contributed by atoms with Crippen LogP contribution in [0.4, 0.5) is 10.4 Å². The molecule has 0 bridgehead atoms. The van der Waals surface area contributed by atoms with Gasteiger partial charge in [-0.3, -0.25) is 0 Å². The Morgan fingerprint density at radius 2 is 2.19 bits per heavy atom. The maximum atomic E-state index is 13.6. The maximum absolute atomic E-state index is 13.6. The van der Waals surface area contributed by atoms with Gasteiger partial charge in [0.2, 0.25) is 0 Å². The second-order valence-corrected chi connectivity index (χ2v) is 5.21. The van der Waals surface area contributed by atoms with E-state index in [4.69, 9.17) is 4.42 Å². The number of nitrogens with zero attached hydrogens (tertiary/aromatic N) is 5. The number of rotatable bonds is 2. The molecule has 4 rings (SSSR count). The van der Waals surface area contributed by atoms with E-state index in [1.807, 2.05) is 0 Å². The van der Waals surface area contributed by atoms with Crippen molar-refractivity contribution in [2.75, 3.05) is 18.0 Å². The van der Waals surface area contributed by atoms with Crippen LogP contribution in [0.15, 0.2) is 28.8 Å². The van der Waals surface area contributed by atoms with Gasteiger partial charge < -0.3 is 14.4 Å². The van der Waals surface area contributed by atoms with Crippen molar-refractivity contribution in [3.05, 3.63) is 35.9 Å². The Morgan fingerprint density at radius 1 is 1.38 bits per heavy atom. The minimum absolute atomic E-state index is 0.199. The molecule has 7 nitrogen and oxygen atoms in total. The summed E-state index contributed by atoms with van der Waals surface area (Å²) in [6.45, 7) is 0.589. The van der Waals surface area contributed by atoms with E-state index in [1.54, 1.807) is 24.1 Å². The number of hydrogen-bond acceptors (Lipinski definition) is 6. The van der Waals surface area contributed by atoms with E-state index in [-0.39, 0.29) is 5.52 Å². The number of para-hydroxylation sites is 1. The van der Waals surface area contributed by atoms with Crippen molar-refractivity contribution in [3.8, 4) is 0 Å². The van der Waals surface area contributed by atoms with E-state index in [0.717, 1.165) is 0 Å². The van der Waals surface area contributed by atoms with Crippen LogP contribution >= 0.6 is 0 Å². The van der Waals surface area contributed by atoms with E-state index < -0.39 is 11.4 Å². The molecular weight excluding hydrogens is 277 g/mol. The number of fused-ring (bicyclic) bond motifs is 1. The number of β-amino-alcohol motifs (C(OH)–C–C–N with tert-alkyl or cyclic N) is 1. The van der Waals surface area contributed by atoms with Crippen LogP contribution in [0.5, 0.6) is 0 Å². The van der Waals surface area contributed by atoms with Crippen molar-refractivity contribution in [1.82, 2.24) is 20.0 Å². The molecule has 3 heterocycles. The molecule has 2 aromatic heterocycles. The number of aromatic nitrogens is 4. The Labute approximate surface area is 118 Å². The van der Waals surface area contributed by atoms with Crippen molar-refractivity contribution in [3.63, 3.8) is 0 Å². The fourth-order valence-corrected chi connectivity index (χ4v) is 2.63. The first kappa shape index (κ1) is 12.3. The smallest absolute Gasteiger partial charge is 0.298 e. The van der Waals surface area contributed by atoms with Crippen LogP contribution in [-0.4, -0.2) is 38.2 Å². The molecule has 0 radical (unpaired) electrons. The van der Waals surface area contributed by atoms with Gasteiger partial charge in [-0.1, -0.05) is 11.3 Å². The Morgan fingerprint density at radius 3 is 2.86 bits per heavy atom. The van der Waals surface area contributed by atoms with Gasteiger partial charge in [0.15, 0.2) is 11.4 Å². The van der Waals surface area contributed by atoms with Crippen LogP contribution in [0.25, 0.3) is 11.1 Å². The molecule has 0 unspecified atom stereocenters. The summed E-state index contributed by atoms with van der Waals surface area (Å²) in [6, 6.07) is 4.87. The molecule has 1 aliphatic rings. The molecule has 21 heavy (non-hydrogen) atoms. The van der Waals surface area contributed by atoms with Crippen molar-refractivity contribution >= 4 is 17.1 Å². The molecule has 1 N–H and O–H groups in total. The fourth-order valence-electron chi connectivity index (χ4n) is 2.63. The fraction of sp³-hybridized carbons (Fsp3) is 0.308. The third-order valence-electron chi connectivity index (χ3n) is 3.73. The summed E-state index contributed by atoms with van der Waals surface area (Å²) in [5, 5.41) is 18.1. The monoisotopic (exact) mass is 289 g/mol. The highest BCUT2D eigenvalue weighted by Gasteiger charge is 2.47. The molecule has 1 saturated heterocycles. The third kappa shape index (κ3) is 1.72. The number of anilines is 1. The van der Waals surface area contributed by atoms with Gasteiger partial charge in [-0.05, 0) is 12.1 Å². The minimum atomic E-state index is -1.04. The molecule has 0 amide bonds. The van der Waals surface area contributed by atoms with Gasteiger partial charge >= 0.3 is 0 Å². The molecule has 0 spiro atoms. The van der Waals surface area contributed by atoms with Crippen molar-refractivity contribution in [2.24, 2.45) is 7.05 Å². The van der Waals surface area contributed by atoms with Crippen molar-refractivity contribution in [1.29, 1.82) is 0 Å². The van der Waals surface area contributed by atoms with Crippen LogP contribution in [0.3, 0.4) is 0 Å². The van der Waals surface area contributed by atoms with Gasteiger partial charge in [0.1, 0.15) is 11.1 Å². The molecular formula is C13H12FN5O2. The van der Waals surface area contributed by atoms with Crippen LogP contribution in [-0.2, 0) is 12.6 Å². The van der Waals surface area contributed by atoms with E-state index in [9.17, 15) is 9.50 Å². The van der Waals surface area contributed by atoms with Crippen LogP contribution in [0.2, 0.25) is 0 Å². The number of oxazole rings is 1. The van der Waals surface area contributed by atoms with Gasteiger partial charge in [-0.15, -0.1) is 5.10 Å². The molecule has 1 fully saturated rings. The Balaban J connectivity index is 1.62. The van der Waals surface area contributed by atoms with Crippen molar-refractivity contribution < 1.29 is 13.9 Å². The zero-order valence-electron chi connectivity index (χ0n) is 11.2. The average molecular weight is 289 g/mol. The normalized spacial score (nSPS) is 17.2. The SMILES string of the molecule is Cn1nncc1C1(O)CN(c2nc3c(F)cccc3o2)C1. The lowest BCUT2D eigenvalue weighted by atomic mass is 9.91. The number of aliphatic hydroxyl groups is 1. The second kappa shape index (κ2) is 4.01. The van der Waals surface area contributed by atoms with Crippen LogP contribution < -0.4 is 4.90 Å². The first-order valence-corrected chi connectivity index (χ1v) is 6.44. The van der Waals surface area contributed by atoms with Crippen LogP contribution in [0.1, 0.15) is 5.69 Å². The predicted octanol–water partition coefficient (Wildman–Crippen LogP) is 0.803. The van der Waals surface area contributed by atoms with Gasteiger partial charge in [-0.2, -0.15) is 4.98 Å². The third-order valence-corrected chi connectivity index (χ3v) is 3.73. The minimum Gasteiger partial charge on any atom is -0.423 e. The zero-order valence-corrected chi connectivity index (χ0v) is 11.2. The highest BCUT2D eigenvalue weighted by molar-refractivity contribution is 5.75. The second-order valence-electron chi connectivity index (χ2n) is 5.21. The van der Waals surface area contributed by atoms with E-state index in [0.29, 0.717) is 30.4 Å². The summed E-state index contributed by atoms with van der Waals surface area (Å²) in [5.74, 6) is -0.422. The molecule has 3 aromatic rings. The zero-order chi connectivity index (χ0) is 14.6. The molecule has 1 aliphatic heterocycles. The first-order chi connectivity index (χ1) is 10.1. The molecule has 8 heteroatoms. The summed E-state index contributed by atoms with van der Waals surface area (Å²) in [6.07, 6.45) is 1.53. The highest BCUT2D eigenvalue weighted by atomic mass is 19.1. The Kier molecular flexibility index (Phi) is 2.35. The van der Waals surface area contributed by atoms with Crippen LogP contribution in [0, 0.1) is 5.82 Å². The lowest BCUT2D eigenvalue weighted by molar-refractivity contribution is -0.00275. The van der Waals surface area contributed by atoms with E-state index in [2.05, 4.69) is 15.3 Å². The standard InChI is InChI=1S/C13H12FN5O2/c1-18-10(5-15-17-18)13(20)6-19(7-13)12-16-11-8(14)3-2-4-9(11)21-12/h2-5,20H,6-7H2,1H3. The summed E-state index contributed by atoms with van der Waals surface area (Å²) < 4.78 is 20.7. The largest absolute Gasteiger partial charge is 0.423 e. The number of halogens is 1. The summed E-state index contributed by atoms with van der Waals surface area (Å²) in [7, 11) is 1.72. The summed E-state index contributed by atoms with van der Waals surface area (Å²) >= 11 is 0. The molecule has 0 saturated carbocycles.